The van der Waals surface area contributed by atoms with Crippen LogP contribution in [0.5, 0.6) is 0 Å². The van der Waals surface area contributed by atoms with Crippen molar-refractivity contribution in [2.75, 3.05) is 26.8 Å². The summed E-state index contributed by atoms with van der Waals surface area (Å²) in [6.07, 6.45) is 1.58. The van der Waals surface area contributed by atoms with Crippen LogP contribution in [0.3, 0.4) is 0 Å². The molecule has 0 bridgehead atoms. The first-order valence-electron chi connectivity index (χ1n) is 7.29. The average Bonchev–Trinajstić information content (AvgIpc) is 2.45. The van der Waals surface area contributed by atoms with Crippen molar-refractivity contribution in [3.63, 3.8) is 0 Å². The number of carbonyl (C=O) groups excluding carboxylic acids is 1. The summed E-state index contributed by atoms with van der Waals surface area (Å²) >= 11 is 0. The molecule has 1 unspecified atom stereocenters. The number of ether oxygens (including phenoxy) is 1. The Labute approximate surface area is 126 Å². The maximum Gasteiger partial charge on any atom is 0.236 e. The molecule has 2 N–H and O–H groups in total. The van der Waals surface area contributed by atoms with E-state index in [2.05, 4.69) is 10.6 Å². The molecule has 5 heteroatoms. The van der Waals surface area contributed by atoms with E-state index in [1.165, 1.54) is 12.1 Å². The van der Waals surface area contributed by atoms with E-state index in [4.69, 9.17) is 4.74 Å². The van der Waals surface area contributed by atoms with Gasteiger partial charge in [0.05, 0.1) is 6.04 Å². The van der Waals surface area contributed by atoms with Crippen molar-refractivity contribution in [1.29, 1.82) is 0 Å². The van der Waals surface area contributed by atoms with Gasteiger partial charge in [-0.2, -0.15) is 0 Å². The van der Waals surface area contributed by atoms with Crippen LogP contribution in [0.2, 0.25) is 0 Å². The molecule has 4 nitrogen and oxygen atoms in total. The Morgan fingerprint density at radius 1 is 1.38 bits per heavy atom. The summed E-state index contributed by atoms with van der Waals surface area (Å²) in [7, 11) is 1.64. The number of benzene rings is 1. The predicted molar refractivity (Wildman–Crippen MR) is 81.8 cm³/mol. The Balaban J connectivity index is 2.26. The summed E-state index contributed by atoms with van der Waals surface area (Å²) < 4.78 is 17.9. The van der Waals surface area contributed by atoms with Crippen molar-refractivity contribution in [1.82, 2.24) is 10.6 Å². The van der Waals surface area contributed by atoms with Crippen LogP contribution in [0.15, 0.2) is 18.2 Å². The van der Waals surface area contributed by atoms with Gasteiger partial charge in [0.1, 0.15) is 5.82 Å². The Kier molecular flexibility index (Phi) is 7.93. The molecule has 1 atom stereocenters. The van der Waals surface area contributed by atoms with Gasteiger partial charge in [-0.25, -0.2) is 4.39 Å². The highest BCUT2D eigenvalue weighted by Gasteiger charge is 2.11. The van der Waals surface area contributed by atoms with Crippen molar-refractivity contribution >= 4 is 5.91 Å². The van der Waals surface area contributed by atoms with E-state index >= 15 is 0 Å². The molecule has 0 heterocycles. The molecule has 1 rings (SSSR count). The Morgan fingerprint density at radius 3 is 2.81 bits per heavy atom. The number of aryl methyl sites for hydroxylation is 1. The molecule has 0 radical (unpaired) electrons. The van der Waals surface area contributed by atoms with Crippen molar-refractivity contribution in [3.05, 3.63) is 35.1 Å². The summed E-state index contributed by atoms with van der Waals surface area (Å²) in [5, 5.41) is 6.03. The highest BCUT2D eigenvalue weighted by molar-refractivity contribution is 5.81. The Bertz CT molecular complexity index is 452. The van der Waals surface area contributed by atoms with E-state index in [0.29, 0.717) is 19.7 Å². The van der Waals surface area contributed by atoms with Crippen molar-refractivity contribution in [2.24, 2.45) is 0 Å². The molecule has 0 saturated heterocycles. The topological polar surface area (TPSA) is 50.4 Å². The summed E-state index contributed by atoms with van der Waals surface area (Å²) in [5.41, 5.74) is 2.03. The fourth-order valence-electron chi connectivity index (χ4n) is 2.04. The molecular formula is C16H25FN2O2. The van der Waals surface area contributed by atoms with Crippen LogP contribution in [0.25, 0.3) is 0 Å². The summed E-state index contributed by atoms with van der Waals surface area (Å²) in [6.45, 7) is 5.67. The predicted octanol–water partition coefficient (Wildman–Crippen LogP) is 1.81. The molecule has 21 heavy (non-hydrogen) atoms. The third kappa shape index (κ3) is 6.69. The molecule has 0 spiro atoms. The third-order valence-electron chi connectivity index (χ3n) is 3.37. The van der Waals surface area contributed by atoms with Gasteiger partial charge in [0, 0.05) is 20.3 Å². The number of hydrogen-bond donors (Lipinski definition) is 2. The van der Waals surface area contributed by atoms with E-state index < -0.39 is 0 Å². The minimum absolute atomic E-state index is 0.0121. The third-order valence-corrected chi connectivity index (χ3v) is 3.37. The molecule has 0 aliphatic heterocycles. The first-order valence-corrected chi connectivity index (χ1v) is 7.29. The molecule has 0 aliphatic carbocycles. The fourth-order valence-corrected chi connectivity index (χ4v) is 2.04. The Morgan fingerprint density at radius 2 is 2.14 bits per heavy atom. The summed E-state index contributed by atoms with van der Waals surface area (Å²) in [4.78, 5) is 11.8. The van der Waals surface area contributed by atoms with E-state index in [0.717, 1.165) is 24.0 Å². The normalized spacial score (nSPS) is 12.2. The lowest BCUT2D eigenvalue weighted by molar-refractivity contribution is -0.122. The van der Waals surface area contributed by atoms with Gasteiger partial charge >= 0.3 is 0 Å². The molecule has 1 amide bonds. The molecular weight excluding hydrogens is 271 g/mol. The lowest BCUT2D eigenvalue weighted by Crippen LogP contribution is -2.43. The standard InChI is InChI=1S/C16H25FN2O2/c1-12-11-15(17)6-5-14(12)7-9-18-13(2)16(20)19-8-4-10-21-3/h5-6,11,13,18H,4,7-10H2,1-3H3,(H,19,20). The van der Waals surface area contributed by atoms with Crippen molar-refractivity contribution in [2.45, 2.75) is 32.7 Å². The first-order chi connectivity index (χ1) is 10.0. The number of methoxy groups -OCH3 is 1. The number of carbonyl (C=O) groups is 1. The van der Waals surface area contributed by atoms with Gasteiger partial charge in [-0.05, 0) is 56.5 Å². The highest BCUT2D eigenvalue weighted by atomic mass is 19.1. The largest absolute Gasteiger partial charge is 0.385 e. The van der Waals surface area contributed by atoms with Gasteiger partial charge in [-0.15, -0.1) is 0 Å². The van der Waals surface area contributed by atoms with Crippen LogP contribution in [-0.2, 0) is 16.0 Å². The monoisotopic (exact) mass is 296 g/mol. The van der Waals surface area contributed by atoms with Gasteiger partial charge in [-0.3, -0.25) is 4.79 Å². The fraction of sp³-hybridized carbons (Fsp3) is 0.562. The lowest BCUT2D eigenvalue weighted by atomic mass is 10.1. The molecule has 0 aliphatic rings. The minimum atomic E-state index is -0.242. The molecule has 0 saturated carbocycles. The first kappa shape index (κ1) is 17.6. The maximum atomic E-state index is 13.0. The van der Waals surface area contributed by atoms with Crippen LogP contribution >= 0.6 is 0 Å². The van der Waals surface area contributed by atoms with Crippen LogP contribution in [-0.4, -0.2) is 38.8 Å². The number of halogens is 1. The van der Waals surface area contributed by atoms with Gasteiger partial charge in [0.25, 0.3) is 0 Å². The lowest BCUT2D eigenvalue weighted by Gasteiger charge is -2.14. The van der Waals surface area contributed by atoms with Crippen LogP contribution in [0.4, 0.5) is 4.39 Å². The van der Waals surface area contributed by atoms with Gasteiger partial charge < -0.3 is 15.4 Å². The minimum Gasteiger partial charge on any atom is -0.385 e. The van der Waals surface area contributed by atoms with Gasteiger partial charge in [0.15, 0.2) is 0 Å². The highest BCUT2D eigenvalue weighted by Crippen LogP contribution is 2.10. The van der Waals surface area contributed by atoms with Gasteiger partial charge in [-0.1, -0.05) is 6.07 Å². The average molecular weight is 296 g/mol. The maximum absolute atomic E-state index is 13.0. The molecule has 1 aromatic rings. The second-order valence-electron chi connectivity index (χ2n) is 5.13. The zero-order valence-corrected chi connectivity index (χ0v) is 13.0. The second kappa shape index (κ2) is 9.47. The SMILES string of the molecule is COCCCNC(=O)C(C)NCCc1ccc(F)cc1C. The van der Waals surface area contributed by atoms with Crippen LogP contribution in [0, 0.1) is 12.7 Å². The molecule has 0 fully saturated rings. The van der Waals surface area contributed by atoms with Gasteiger partial charge in [0.2, 0.25) is 5.91 Å². The summed E-state index contributed by atoms with van der Waals surface area (Å²) in [6, 6.07) is 4.55. The van der Waals surface area contributed by atoms with E-state index in [1.807, 2.05) is 13.8 Å². The zero-order valence-electron chi connectivity index (χ0n) is 13.0. The van der Waals surface area contributed by atoms with E-state index in [-0.39, 0.29) is 17.8 Å². The van der Waals surface area contributed by atoms with Crippen molar-refractivity contribution < 1.29 is 13.9 Å². The Hall–Kier alpha value is -1.46. The second-order valence-corrected chi connectivity index (χ2v) is 5.13. The van der Waals surface area contributed by atoms with E-state index in [1.54, 1.807) is 13.2 Å². The smallest absolute Gasteiger partial charge is 0.236 e. The number of rotatable bonds is 9. The van der Waals surface area contributed by atoms with E-state index in [9.17, 15) is 9.18 Å². The zero-order chi connectivity index (χ0) is 15.7. The molecule has 0 aromatic heterocycles. The number of nitrogens with one attached hydrogen (secondary N) is 2. The molecule has 118 valence electrons. The van der Waals surface area contributed by atoms with Crippen LogP contribution < -0.4 is 10.6 Å². The summed E-state index contributed by atoms with van der Waals surface area (Å²) in [5.74, 6) is -0.227. The number of hydrogen-bond acceptors (Lipinski definition) is 3. The molecule has 1 aromatic carbocycles. The van der Waals surface area contributed by atoms with Crippen LogP contribution in [0.1, 0.15) is 24.5 Å². The number of amides is 1. The quantitative estimate of drug-likeness (QED) is 0.683. The van der Waals surface area contributed by atoms with Crippen molar-refractivity contribution in [3.8, 4) is 0 Å².